The molecule has 0 saturated carbocycles. The first-order valence-corrected chi connectivity index (χ1v) is 7.17. The standard InChI is InChI=1S/C15H12Cl3NO/c16-11-4-1-10(2-5-11)3-8-15(20)19-14-9-12(17)6-7-13(14)18/h1-2,4-7,9H,3,8H2,(H,19,20). The van der Waals surface area contributed by atoms with Crippen LogP contribution >= 0.6 is 34.8 Å². The molecule has 0 radical (unpaired) electrons. The maximum Gasteiger partial charge on any atom is 0.224 e. The number of hydrogen-bond acceptors (Lipinski definition) is 1. The van der Waals surface area contributed by atoms with E-state index in [1.54, 1.807) is 18.2 Å². The van der Waals surface area contributed by atoms with E-state index in [0.29, 0.717) is 33.6 Å². The number of anilines is 1. The zero-order valence-corrected chi connectivity index (χ0v) is 12.8. The quantitative estimate of drug-likeness (QED) is 0.819. The maximum absolute atomic E-state index is 11.9. The van der Waals surface area contributed by atoms with Crippen molar-refractivity contribution >= 4 is 46.4 Å². The van der Waals surface area contributed by atoms with Crippen LogP contribution < -0.4 is 5.32 Å². The van der Waals surface area contributed by atoms with Gasteiger partial charge >= 0.3 is 0 Å². The van der Waals surface area contributed by atoms with Crippen molar-refractivity contribution in [2.75, 3.05) is 5.32 Å². The first kappa shape index (κ1) is 15.2. The van der Waals surface area contributed by atoms with E-state index in [1.165, 1.54) is 0 Å². The summed E-state index contributed by atoms with van der Waals surface area (Å²) >= 11 is 17.7. The van der Waals surface area contributed by atoms with Gasteiger partial charge in [0.15, 0.2) is 0 Å². The summed E-state index contributed by atoms with van der Waals surface area (Å²) < 4.78 is 0. The van der Waals surface area contributed by atoms with E-state index in [-0.39, 0.29) is 5.91 Å². The number of aryl methyl sites for hydroxylation is 1. The van der Waals surface area contributed by atoms with Gasteiger partial charge in [0, 0.05) is 16.5 Å². The van der Waals surface area contributed by atoms with Crippen molar-refractivity contribution in [3.63, 3.8) is 0 Å². The second kappa shape index (κ2) is 6.98. The summed E-state index contributed by atoms with van der Waals surface area (Å²) in [5.41, 5.74) is 1.59. The van der Waals surface area contributed by atoms with Crippen LogP contribution in [0.1, 0.15) is 12.0 Å². The molecule has 0 aliphatic carbocycles. The number of carbonyl (C=O) groups is 1. The fourth-order valence-corrected chi connectivity index (χ4v) is 2.18. The molecule has 0 aliphatic heterocycles. The van der Waals surface area contributed by atoms with E-state index in [9.17, 15) is 4.79 Å². The second-order valence-electron chi connectivity index (χ2n) is 4.30. The SMILES string of the molecule is O=C(CCc1ccc(Cl)cc1)Nc1cc(Cl)ccc1Cl. The highest BCUT2D eigenvalue weighted by Crippen LogP contribution is 2.25. The molecule has 2 aromatic rings. The number of rotatable bonds is 4. The number of carbonyl (C=O) groups excluding carboxylic acids is 1. The zero-order valence-electron chi connectivity index (χ0n) is 10.5. The van der Waals surface area contributed by atoms with E-state index >= 15 is 0 Å². The fraction of sp³-hybridized carbons (Fsp3) is 0.133. The van der Waals surface area contributed by atoms with Crippen molar-refractivity contribution in [2.45, 2.75) is 12.8 Å². The first-order chi connectivity index (χ1) is 9.54. The molecule has 0 unspecified atom stereocenters. The van der Waals surface area contributed by atoms with Gasteiger partial charge < -0.3 is 5.32 Å². The molecule has 2 rings (SSSR count). The fourth-order valence-electron chi connectivity index (χ4n) is 1.71. The molecule has 0 saturated heterocycles. The minimum atomic E-state index is -0.107. The lowest BCUT2D eigenvalue weighted by atomic mass is 10.1. The zero-order chi connectivity index (χ0) is 14.5. The maximum atomic E-state index is 11.9. The molecule has 0 fully saturated rings. The first-order valence-electron chi connectivity index (χ1n) is 6.04. The van der Waals surface area contributed by atoms with Gasteiger partial charge in [-0.05, 0) is 42.3 Å². The molecule has 1 amide bonds. The summed E-state index contributed by atoms with van der Waals surface area (Å²) in [6.07, 6.45) is 1.01. The Hall–Kier alpha value is -1.22. The molecule has 2 aromatic carbocycles. The molecule has 1 N–H and O–H groups in total. The lowest BCUT2D eigenvalue weighted by Crippen LogP contribution is -2.12. The van der Waals surface area contributed by atoms with Crippen LogP contribution in [-0.2, 0) is 11.2 Å². The minimum Gasteiger partial charge on any atom is -0.325 e. The third-order valence-corrected chi connectivity index (χ3v) is 3.57. The van der Waals surface area contributed by atoms with E-state index in [0.717, 1.165) is 5.56 Å². The number of halogens is 3. The summed E-state index contributed by atoms with van der Waals surface area (Å²) in [4.78, 5) is 11.9. The highest BCUT2D eigenvalue weighted by Gasteiger charge is 2.07. The van der Waals surface area contributed by atoms with Crippen molar-refractivity contribution < 1.29 is 4.79 Å². The summed E-state index contributed by atoms with van der Waals surface area (Å²) in [6.45, 7) is 0. The number of nitrogens with one attached hydrogen (secondary N) is 1. The Bertz CT molecular complexity index is 611. The Balaban J connectivity index is 1.92. The van der Waals surface area contributed by atoms with Crippen LogP contribution in [0.3, 0.4) is 0 Å². The third-order valence-electron chi connectivity index (χ3n) is 2.76. The molecule has 0 bridgehead atoms. The molecule has 20 heavy (non-hydrogen) atoms. The lowest BCUT2D eigenvalue weighted by Gasteiger charge is -2.07. The largest absolute Gasteiger partial charge is 0.325 e. The van der Waals surface area contributed by atoms with Gasteiger partial charge in [-0.15, -0.1) is 0 Å². The molecule has 5 heteroatoms. The van der Waals surface area contributed by atoms with Gasteiger partial charge in [0.1, 0.15) is 0 Å². The van der Waals surface area contributed by atoms with E-state index in [4.69, 9.17) is 34.8 Å². The average molecular weight is 329 g/mol. The van der Waals surface area contributed by atoms with Gasteiger partial charge in [-0.3, -0.25) is 4.79 Å². The van der Waals surface area contributed by atoms with Crippen molar-refractivity contribution in [2.24, 2.45) is 0 Å². The van der Waals surface area contributed by atoms with Gasteiger partial charge in [-0.2, -0.15) is 0 Å². The summed E-state index contributed by atoms with van der Waals surface area (Å²) in [7, 11) is 0. The lowest BCUT2D eigenvalue weighted by molar-refractivity contribution is -0.116. The predicted molar refractivity (Wildman–Crippen MR) is 84.9 cm³/mol. The van der Waals surface area contributed by atoms with Crippen LogP contribution in [0.2, 0.25) is 15.1 Å². The van der Waals surface area contributed by atoms with Gasteiger partial charge in [-0.1, -0.05) is 46.9 Å². The molecule has 0 atom stereocenters. The molecule has 0 aromatic heterocycles. The Morgan fingerprint density at radius 1 is 0.950 bits per heavy atom. The second-order valence-corrected chi connectivity index (χ2v) is 5.58. The van der Waals surface area contributed by atoms with Crippen LogP contribution in [0, 0.1) is 0 Å². The Kier molecular flexibility index (Phi) is 5.30. The Morgan fingerprint density at radius 2 is 1.60 bits per heavy atom. The molecular formula is C15H12Cl3NO. The van der Waals surface area contributed by atoms with Gasteiger partial charge in [-0.25, -0.2) is 0 Å². The van der Waals surface area contributed by atoms with Crippen LogP contribution in [0.5, 0.6) is 0 Å². The van der Waals surface area contributed by atoms with Crippen molar-refractivity contribution in [3.8, 4) is 0 Å². The van der Waals surface area contributed by atoms with E-state index in [2.05, 4.69) is 5.32 Å². The highest BCUT2D eigenvalue weighted by molar-refractivity contribution is 6.35. The van der Waals surface area contributed by atoms with E-state index < -0.39 is 0 Å². The normalized spacial score (nSPS) is 10.3. The van der Waals surface area contributed by atoms with Crippen molar-refractivity contribution in [1.82, 2.24) is 0 Å². The van der Waals surface area contributed by atoms with Crippen LogP contribution in [0.4, 0.5) is 5.69 Å². The molecular weight excluding hydrogens is 317 g/mol. The van der Waals surface area contributed by atoms with Crippen molar-refractivity contribution in [3.05, 3.63) is 63.1 Å². The smallest absolute Gasteiger partial charge is 0.224 e. The topological polar surface area (TPSA) is 29.1 Å². The number of amides is 1. The summed E-state index contributed by atoms with van der Waals surface area (Å²) in [5, 5.41) is 4.43. The highest BCUT2D eigenvalue weighted by atomic mass is 35.5. The summed E-state index contributed by atoms with van der Waals surface area (Å²) in [5.74, 6) is -0.107. The minimum absolute atomic E-state index is 0.107. The number of benzene rings is 2. The van der Waals surface area contributed by atoms with Gasteiger partial charge in [0.25, 0.3) is 0 Å². The van der Waals surface area contributed by atoms with E-state index in [1.807, 2.05) is 24.3 Å². The molecule has 2 nitrogen and oxygen atoms in total. The number of hydrogen-bond donors (Lipinski definition) is 1. The molecule has 0 spiro atoms. The predicted octanol–water partition coefficient (Wildman–Crippen LogP) is 5.22. The molecule has 0 aliphatic rings. The van der Waals surface area contributed by atoms with Gasteiger partial charge in [0.2, 0.25) is 5.91 Å². The summed E-state index contributed by atoms with van der Waals surface area (Å²) in [6, 6.07) is 12.4. The average Bonchev–Trinajstić information content (AvgIpc) is 2.42. The third kappa shape index (κ3) is 4.41. The molecule has 0 heterocycles. The van der Waals surface area contributed by atoms with Crippen LogP contribution in [0.25, 0.3) is 0 Å². The Morgan fingerprint density at radius 3 is 2.30 bits per heavy atom. The molecule has 104 valence electrons. The van der Waals surface area contributed by atoms with Crippen molar-refractivity contribution in [1.29, 1.82) is 0 Å². The Labute approximate surface area is 132 Å². The van der Waals surface area contributed by atoms with Crippen LogP contribution in [0.15, 0.2) is 42.5 Å². The van der Waals surface area contributed by atoms with Crippen LogP contribution in [-0.4, -0.2) is 5.91 Å². The van der Waals surface area contributed by atoms with Gasteiger partial charge in [0.05, 0.1) is 10.7 Å². The monoisotopic (exact) mass is 327 g/mol.